The van der Waals surface area contributed by atoms with Crippen LogP contribution in [0.4, 0.5) is 0 Å². The van der Waals surface area contributed by atoms with Crippen molar-refractivity contribution in [1.82, 2.24) is 0 Å². The fourth-order valence-electron chi connectivity index (χ4n) is 1.84. The number of methoxy groups -OCH3 is 1. The van der Waals surface area contributed by atoms with Gasteiger partial charge in [0.25, 0.3) is 0 Å². The van der Waals surface area contributed by atoms with Crippen molar-refractivity contribution in [1.29, 1.82) is 0 Å². The molecular weight excluding hydrogens is 284 g/mol. The topological polar surface area (TPSA) is 76.0 Å². The van der Waals surface area contributed by atoms with Crippen LogP contribution in [-0.4, -0.2) is 23.3 Å². The van der Waals surface area contributed by atoms with Gasteiger partial charge in [0.15, 0.2) is 11.5 Å². The number of hydrogen-bond acceptors (Lipinski definition) is 4. The molecule has 0 aliphatic heterocycles. The van der Waals surface area contributed by atoms with Gasteiger partial charge >= 0.3 is 5.97 Å². The van der Waals surface area contributed by atoms with E-state index in [1.807, 2.05) is 24.3 Å². The van der Waals surface area contributed by atoms with Gasteiger partial charge in [0.2, 0.25) is 0 Å². The molecule has 0 radical (unpaired) electrons. The molecule has 0 saturated carbocycles. The second-order valence-electron chi connectivity index (χ2n) is 4.54. The van der Waals surface area contributed by atoms with Gasteiger partial charge in [-0.1, -0.05) is 18.2 Å². The highest BCUT2D eigenvalue weighted by Gasteiger charge is 2.04. The van der Waals surface area contributed by atoms with E-state index in [2.05, 4.69) is 0 Å². The Morgan fingerprint density at radius 1 is 1.23 bits per heavy atom. The maximum absolute atomic E-state index is 10.5. The maximum atomic E-state index is 10.5. The minimum absolute atomic E-state index is 0.00429. The summed E-state index contributed by atoms with van der Waals surface area (Å²) in [7, 11) is 1.59. The van der Waals surface area contributed by atoms with Crippen molar-refractivity contribution in [2.45, 2.75) is 6.61 Å². The van der Waals surface area contributed by atoms with E-state index in [4.69, 9.17) is 14.6 Å². The Morgan fingerprint density at radius 2 is 2.05 bits per heavy atom. The van der Waals surface area contributed by atoms with Crippen LogP contribution in [0.5, 0.6) is 17.2 Å². The Morgan fingerprint density at radius 3 is 2.77 bits per heavy atom. The Kier molecular flexibility index (Phi) is 5.03. The first-order valence-electron chi connectivity index (χ1n) is 6.58. The molecule has 2 aromatic carbocycles. The number of carbonyl (C=O) groups is 1. The van der Waals surface area contributed by atoms with Crippen LogP contribution in [0.25, 0.3) is 6.08 Å². The summed E-state index contributed by atoms with van der Waals surface area (Å²) in [4.78, 5) is 10.5. The quantitative estimate of drug-likeness (QED) is 0.802. The highest BCUT2D eigenvalue weighted by molar-refractivity contribution is 5.85. The normalized spacial score (nSPS) is 10.6. The first-order valence-corrected chi connectivity index (χ1v) is 6.58. The van der Waals surface area contributed by atoms with E-state index in [1.54, 1.807) is 19.2 Å². The van der Waals surface area contributed by atoms with Crippen molar-refractivity contribution in [3.8, 4) is 17.2 Å². The molecule has 0 aliphatic rings. The number of rotatable bonds is 6. The third-order valence-electron chi connectivity index (χ3n) is 2.93. The molecule has 0 bridgehead atoms. The lowest BCUT2D eigenvalue weighted by molar-refractivity contribution is -0.131. The van der Waals surface area contributed by atoms with Gasteiger partial charge < -0.3 is 19.7 Å². The van der Waals surface area contributed by atoms with Crippen molar-refractivity contribution in [2.24, 2.45) is 0 Å². The van der Waals surface area contributed by atoms with Crippen LogP contribution in [0.1, 0.15) is 11.1 Å². The minimum Gasteiger partial charge on any atom is -0.504 e. The van der Waals surface area contributed by atoms with Crippen LogP contribution in [-0.2, 0) is 11.4 Å². The number of phenolic OH excluding ortho intramolecular Hbond substituents is 1. The van der Waals surface area contributed by atoms with Crippen molar-refractivity contribution < 1.29 is 24.5 Å². The van der Waals surface area contributed by atoms with Crippen molar-refractivity contribution in [3.63, 3.8) is 0 Å². The van der Waals surface area contributed by atoms with Crippen molar-refractivity contribution >= 4 is 12.0 Å². The first kappa shape index (κ1) is 15.4. The van der Waals surface area contributed by atoms with Gasteiger partial charge in [0.1, 0.15) is 12.4 Å². The van der Waals surface area contributed by atoms with Gasteiger partial charge in [-0.15, -0.1) is 0 Å². The highest BCUT2D eigenvalue weighted by atomic mass is 16.5. The van der Waals surface area contributed by atoms with Crippen LogP contribution in [0.3, 0.4) is 0 Å². The number of aliphatic carboxylic acids is 1. The number of carboxylic acids is 1. The number of carboxylic acid groups (broad SMARTS) is 1. The lowest BCUT2D eigenvalue weighted by Gasteiger charge is -2.10. The molecule has 5 heteroatoms. The minimum atomic E-state index is -1.04. The largest absolute Gasteiger partial charge is 0.504 e. The van der Waals surface area contributed by atoms with Crippen LogP contribution < -0.4 is 9.47 Å². The van der Waals surface area contributed by atoms with E-state index in [9.17, 15) is 9.90 Å². The average Bonchev–Trinajstić information content (AvgIpc) is 2.53. The Hall–Kier alpha value is -2.95. The lowest BCUT2D eigenvalue weighted by atomic mass is 10.2. The highest BCUT2D eigenvalue weighted by Crippen LogP contribution is 2.28. The standard InChI is InChI=1S/C17H16O5/c1-21-14-4-2-3-13(9-14)11-22-16-10-12(5-7-15(16)18)6-8-17(19)20/h2-10,18H,11H2,1H3,(H,19,20)/b8-6+. The van der Waals surface area contributed by atoms with Crippen LogP contribution in [0.2, 0.25) is 0 Å². The zero-order chi connectivity index (χ0) is 15.9. The molecule has 0 unspecified atom stereocenters. The summed E-state index contributed by atoms with van der Waals surface area (Å²) in [6.07, 6.45) is 2.46. The summed E-state index contributed by atoms with van der Waals surface area (Å²) >= 11 is 0. The Labute approximate surface area is 128 Å². The molecule has 2 rings (SSSR count). The molecule has 0 fully saturated rings. The SMILES string of the molecule is COc1cccc(COc2cc(/C=C/C(=O)O)ccc2O)c1. The van der Waals surface area contributed by atoms with Gasteiger partial charge in [-0.05, 0) is 41.5 Å². The zero-order valence-electron chi connectivity index (χ0n) is 12.0. The number of phenols is 1. The summed E-state index contributed by atoms with van der Waals surface area (Å²) in [6, 6.07) is 12.0. The van der Waals surface area contributed by atoms with E-state index in [0.717, 1.165) is 17.4 Å². The molecule has 2 N–H and O–H groups in total. The number of aromatic hydroxyl groups is 1. The third kappa shape index (κ3) is 4.28. The summed E-state index contributed by atoms with van der Waals surface area (Å²) < 4.78 is 10.7. The number of hydrogen-bond donors (Lipinski definition) is 2. The van der Waals surface area contributed by atoms with E-state index < -0.39 is 5.97 Å². The number of ether oxygens (including phenoxy) is 2. The summed E-state index contributed by atoms with van der Waals surface area (Å²) in [6.45, 7) is 0.261. The Balaban J connectivity index is 2.11. The van der Waals surface area contributed by atoms with Gasteiger partial charge in [-0.3, -0.25) is 0 Å². The van der Waals surface area contributed by atoms with Crippen LogP contribution >= 0.6 is 0 Å². The van der Waals surface area contributed by atoms with Gasteiger partial charge in [0.05, 0.1) is 7.11 Å². The summed E-state index contributed by atoms with van der Waals surface area (Å²) in [5.74, 6) is -0.0267. The van der Waals surface area contributed by atoms with E-state index in [0.29, 0.717) is 5.56 Å². The van der Waals surface area contributed by atoms with Gasteiger partial charge in [-0.25, -0.2) is 4.79 Å². The van der Waals surface area contributed by atoms with Gasteiger partial charge in [0, 0.05) is 6.08 Å². The number of benzene rings is 2. The van der Waals surface area contributed by atoms with Crippen molar-refractivity contribution in [2.75, 3.05) is 7.11 Å². The molecule has 0 aromatic heterocycles. The van der Waals surface area contributed by atoms with Crippen LogP contribution in [0, 0.1) is 0 Å². The Bertz CT molecular complexity index is 691. The molecule has 0 amide bonds. The molecule has 0 spiro atoms. The van der Waals surface area contributed by atoms with Gasteiger partial charge in [-0.2, -0.15) is 0 Å². The van der Waals surface area contributed by atoms with E-state index in [1.165, 1.54) is 12.1 Å². The molecule has 22 heavy (non-hydrogen) atoms. The first-order chi connectivity index (χ1) is 10.6. The second kappa shape index (κ2) is 7.17. The predicted molar refractivity (Wildman–Crippen MR) is 82.1 cm³/mol. The van der Waals surface area contributed by atoms with Crippen molar-refractivity contribution in [3.05, 3.63) is 59.7 Å². The predicted octanol–water partition coefficient (Wildman–Crippen LogP) is 3.08. The molecule has 5 nitrogen and oxygen atoms in total. The fraction of sp³-hybridized carbons (Fsp3) is 0.118. The maximum Gasteiger partial charge on any atom is 0.328 e. The molecule has 0 heterocycles. The second-order valence-corrected chi connectivity index (χ2v) is 4.54. The molecular formula is C17H16O5. The smallest absolute Gasteiger partial charge is 0.328 e. The van der Waals surface area contributed by atoms with E-state index in [-0.39, 0.29) is 18.1 Å². The monoisotopic (exact) mass is 300 g/mol. The average molecular weight is 300 g/mol. The summed E-state index contributed by atoms with van der Waals surface area (Å²) in [5, 5.41) is 18.4. The summed E-state index contributed by atoms with van der Waals surface area (Å²) in [5.41, 5.74) is 1.52. The fourth-order valence-corrected chi connectivity index (χ4v) is 1.84. The van der Waals surface area contributed by atoms with Crippen LogP contribution in [0.15, 0.2) is 48.5 Å². The lowest BCUT2D eigenvalue weighted by Crippen LogP contribution is -1.96. The molecule has 0 aliphatic carbocycles. The molecule has 0 saturated heterocycles. The molecule has 114 valence electrons. The van der Waals surface area contributed by atoms with E-state index >= 15 is 0 Å². The molecule has 0 atom stereocenters. The third-order valence-corrected chi connectivity index (χ3v) is 2.93. The molecule has 2 aromatic rings. The zero-order valence-corrected chi connectivity index (χ0v) is 12.0.